The molecule has 2 spiro atoms. The van der Waals surface area contributed by atoms with Gasteiger partial charge in [-0.15, -0.1) is 0 Å². The maximum Gasteiger partial charge on any atom is 0.316 e. The van der Waals surface area contributed by atoms with E-state index in [1.165, 1.54) is 0 Å². The van der Waals surface area contributed by atoms with E-state index in [0.717, 1.165) is 258 Å². The Labute approximate surface area is 743 Å². The lowest BCUT2D eigenvalue weighted by atomic mass is 9.92. The fraction of sp³-hybridized carbons (Fsp3) is 0.551. The third kappa shape index (κ3) is 30.1. The Kier molecular flexibility index (Phi) is 35.2. The first-order valence-corrected chi connectivity index (χ1v) is 46.2. The van der Waals surface area contributed by atoms with E-state index in [2.05, 4.69) is 114 Å². The van der Waals surface area contributed by atoms with Gasteiger partial charge in [0.1, 0.15) is 53.1 Å². The van der Waals surface area contributed by atoms with Crippen molar-refractivity contribution in [1.29, 1.82) is 0 Å². The van der Waals surface area contributed by atoms with Gasteiger partial charge in [0.05, 0.1) is 101 Å². The van der Waals surface area contributed by atoms with Crippen LogP contribution in [-0.4, -0.2) is 256 Å². The number of halogens is 1. The van der Waals surface area contributed by atoms with Crippen molar-refractivity contribution in [3.05, 3.63) is 165 Å². The van der Waals surface area contributed by atoms with Crippen LogP contribution in [0.5, 0.6) is 41.6 Å². The zero-order valence-electron chi connectivity index (χ0n) is 71.5. The topological polar surface area (TPSA) is 417 Å². The lowest BCUT2D eigenvalue weighted by Gasteiger charge is -2.34. The van der Waals surface area contributed by atoms with Crippen LogP contribution >= 0.6 is 11.6 Å². The minimum absolute atomic E-state index is 0.0341. The van der Waals surface area contributed by atoms with Crippen molar-refractivity contribution in [3.8, 4) is 41.6 Å². The molecule has 0 radical (unpaired) electrons. The van der Waals surface area contributed by atoms with Crippen molar-refractivity contribution in [2.24, 2.45) is 0 Å². The highest BCUT2D eigenvalue weighted by atomic mass is 35.5. The number of morpholine rings is 2. The Balaban J connectivity index is 0.000000125. The average Bonchev–Trinajstić information content (AvgIpc) is 1.53. The number of aromatic nitrogens is 16. The first-order chi connectivity index (χ1) is 62.1. The molecule has 10 fully saturated rings. The van der Waals surface area contributed by atoms with Gasteiger partial charge in [0.25, 0.3) is 10.1 Å². The summed E-state index contributed by atoms with van der Waals surface area (Å²) >= 11 is 5.32. The molecular weight excluding hydrogens is 1680 g/mol. The van der Waals surface area contributed by atoms with Crippen molar-refractivity contribution in [3.63, 3.8) is 0 Å². The van der Waals surface area contributed by atoms with Crippen LogP contribution in [0.15, 0.2) is 160 Å². The molecule has 6 saturated carbocycles. The third-order valence-corrected chi connectivity index (χ3v) is 23.7. The number of aliphatic hydroxyl groups is 2. The quantitative estimate of drug-likeness (QED) is 0.0595. The Morgan fingerprint density at radius 3 is 0.898 bits per heavy atom. The van der Waals surface area contributed by atoms with E-state index in [4.69, 9.17) is 77.4 Å². The van der Waals surface area contributed by atoms with Gasteiger partial charge in [-0.05, 0) is 189 Å². The molecule has 36 nitrogen and oxygen atoms in total. The Morgan fingerprint density at radius 1 is 0.323 bits per heavy atom. The number of aliphatic hydroxyl groups excluding tert-OH is 2. The Morgan fingerprint density at radius 2 is 0.591 bits per heavy atom. The largest absolute Gasteiger partial charge is 0.488 e. The fourth-order valence-electron chi connectivity index (χ4n) is 16.3. The lowest BCUT2D eigenvalue weighted by molar-refractivity contribution is -0.187. The van der Waals surface area contributed by atoms with Gasteiger partial charge in [-0.2, -0.15) is 8.42 Å². The number of fused-ring (bicyclic) bond motifs is 2. The molecule has 2 aromatic carbocycles. The first kappa shape index (κ1) is 92.8. The molecule has 0 amide bonds. The average molecular weight is 1790 g/mol. The van der Waals surface area contributed by atoms with Gasteiger partial charge in [-0.1, -0.05) is 0 Å². The zero-order valence-corrected chi connectivity index (χ0v) is 73.1. The molecule has 38 heteroatoms. The summed E-state index contributed by atoms with van der Waals surface area (Å²) in [4.78, 5) is 70.7. The number of benzene rings is 2. The summed E-state index contributed by atoms with van der Waals surface area (Å²) in [5, 5.41) is 18.8. The van der Waals surface area contributed by atoms with Gasteiger partial charge in [0.2, 0.25) is 5.28 Å². The number of hydrogen-bond donors (Lipinski definition) is 2. The van der Waals surface area contributed by atoms with Crippen molar-refractivity contribution < 1.29 is 84.4 Å². The lowest BCUT2D eigenvalue weighted by Crippen LogP contribution is -2.38. The SMILES string of the molecule is CS(=O)(=O)OC1CCC(Oc2ncccn2)CC1.Clc1ncccn1.OC1CCC(Oc2ncccn2)CC1.OC1CCC2(CC1)OCCO2.c1cnc(OC2CCC(Oc3cc(N4CCOCC4)cc4nccnc34)CC2)nc1.c1cnc(OC2CCC(Oc3cc(N4CCOCC4)cc4nccnc34)CC2)nc1.c1cnc(OC2CCC3(CC2)OCCO3)nc1. The Bertz CT molecular complexity index is 4760. The van der Waals surface area contributed by atoms with Gasteiger partial charge in [-0.25, -0.2) is 69.8 Å². The van der Waals surface area contributed by atoms with Crippen molar-refractivity contribution in [2.75, 3.05) is 95.1 Å². The third-order valence-electron chi connectivity index (χ3n) is 22.8. The smallest absolute Gasteiger partial charge is 0.316 e. The predicted molar refractivity (Wildman–Crippen MR) is 465 cm³/mol. The van der Waals surface area contributed by atoms with Crippen LogP contribution in [0.25, 0.3) is 22.1 Å². The molecule has 10 aliphatic rings. The molecule has 6 aliphatic carbocycles. The summed E-state index contributed by atoms with van der Waals surface area (Å²) in [6.07, 6.45) is 48.9. The Hall–Kier alpha value is -10.3. The highest BCUT2D eigenvalue weighted by Gasteiger charge is 2.42. The van der Waals surface area contributed by atoms with Crippen LogP contribution < -0.4 is 43.0 Å². The summed E-state index contributed by atoms with van der Waals surface area (Å²) in [5.74, 6) is 0.979. The molecule has 12 heterocycles. The molecule has 0 bridgehead atoms. The molecule has 10 aromatic rings. The number of rotatable bonds is 18. The standard InChI is InChI=1S/2C22H25N5O3.C12H16N2O3.C11H16N2O4S.C10H14N2O2.C8H14O3.C4H3ClN2/c2*1-6-25-22(26-7-1)30-18-4-2-17(3-5-18)29-20-15-16(27-10-12-28-13-11-27)14-19-21(20)24-9-8-23-19;1-6-13-11(14-7-1)17-10-2-4-12(5-3-10)15-8-9-16-12;1-18(14,15)17-10-5-3-9(4-6-10)16-11-12-7-2-8-13-11;13-8-2-4-9(5-3-8)14-10-11-6-1-7-12-10;9-7-1-3-8(4-2-7)10-5-6-11-8;5-4-6-2-1-3-7-4/h2*1,6-9,14-15,17-18H,2-5,10-13H2;1,6-7,10H,2-5,8-9H2;2,7-10H,3-6H2,1H3;1,6-9,13H,2-5H2;7,9H,1-6H2;1-3H. The van der Waals surface area contributed by atoms with Crippen LogP contribution in [0, 0.1) is 0 Å². The summed E-state index contributed by atoms with van der Waals surface area (Å²) in [6.45, 7) is 9.31. The summed E-state index contributed by atoms with van der Waals surface area (Å²) in [6, 6.07) is 21.1. The van der Waals surface area contributed by atoms with Crippen molar-refractivity contribution in [2.45, 2.75) is 227 Å². The second kappa shape index (κ2) is 48.2. The van der Waals surface area contributed by atoms with E-state index in [1.807, 2.05) is 0 Å². The molecule has 4 aliphatic heterocycles. The molecule has 0 unspecified atom stereocenters. The zero-order chi connectivity index (χ0) is 87.6. The summed E-state index contributed by atoms with van der Waals surface area (Å²) < 4.78 is 102. The summed E-state index contributed by atoms with van der Waals surface area (Å²) in [5.41, 5.74) is 5.56. The molecular formula is C89H113ClN18O18S. The van der Waals surface area contributed by atoms with Gasteiger partial charge in [-0.3, -0.25) is 14.2 Å². The monoisotopic (exact) mass is 1790 g/mol. The number of nitrogens with zero attached hydrogens (tertiary/aromatic N) is 18. The highest BCUT2D eigenvalue weighted by molar-refractivity contribution is 7.86. The molecule has 20 rings (SSSR count). The van der Waals surface area contributed by atoms with E-state index in [9.17, 15) is 18.6 Å². The number of ether oxygens (including phenoxy) is 13. The minimum Gasteiger partial charge on any atom is -0.488 e. The van der Waals surface area contributed by atoms with E-state index >= 15 is 0 Å². The van der Waals surface area contributed by atoms with E-state index in [1.54, 1.807) is 136 Å². The van der Waals surface area contributed by atoms with E-state index in [-0.39, 0.29) is 72.6 Å². The normalized spacial score (nSPS) is 23.8. The van der Waals surface area contributed by atoms with Crippen LogP contribution in [-0.2, 0) is 42.7 Å². The minimum atomic E-state index is -3.37. The molecule has 680 valence electrons. The van der Waals surface area contributed by atoms with Gasteiger partial charge in [0.15, 0.2) is 11.6 Å². The molecule has 0 atom stereocenters. The highest BCUT2D eigenvalue weighted by Crippen LogP contribution is 2.40. The predicted octanol–water partition coefficient (Wildman–Crippen LogP) is 11.7. The first-order valence-electron chi connectivity index (χ1n) is 44.0. The summed E-state index contributed by atoms with van der Waals surface area (Å²) in [7, 11) is -3.37. The van der Waals surface area contributed by atoms with Crippen LogP contribution in [0.3, 0.4) is 0 Å². The van der Waals surface area contributed by atoms with E-state index in [0.29, 0.717) is 61.4 Å². The molecule has 4 saturated heterocycles. The van der Waals surface area contributed by atoms with Crippen LogP contribution in [0.1, 0.15) is 154 Å². The van der Waals surface area contributed by atoms with Crippen molar-refractivity contribution in [1.82, 2.24) is 79.7 Å². The second-order valence-corrected chi connectivity index (χ2v) is 33.9. The van der Waals surface area contributed by atoms with Crippen LogP contribution in [0.4, 0.5) is 11.4 Å². The van der Waals surface area contributed by atoms with E-state index < -0.39 is 10.1 Å². The number of anilines is 2. The van der Waals surface area contributed by atoms with Gasteiger partial charge >= 0.3 is 30.1 Å². The number of hydrogen-bond acceptors (Lipinski definition) is 36. The maximum absolute atomic E-state index is 11.0. The fourth-order valence-corrected chi connectivity index (χ4v) is 17.1. The van der Waals surface area contributed by atoms with Crippen molar-refractivity contribution >= 4 is 55.2 Å². The van der Waals surface area contributed by atoms with Crippen LogP contribution in [0.2, 0.25) is 5.28 Å². The second-order valence-electron chi connectivity index (χ2n) is 32.0. The molecule has 2 N–H and O–H groups in total. The maximum atomic E-state index is 11.0. The molecule has 8 aromatic heterocycles. The van der Waals surface area contributed by atoms with Gasteiger partial charge < -0.3 is 81.6 Å². The molecule has 127 heavy (non-hydrogen) atoms. The van der Waals surface area contributed by atoms with Gasteiger partial charge in [0, 0.05) is 175 Å².